The molecule has 2 aromatic rings. The van der Waals surface area contributed by atoms with Crippen LogP contribution in [0.25, 0.3) is 5.76 Å². The summed E-state index contributed by atoms with van der Waals surface area (Å²) >= 11 is 0. The monoisotopic (exact) mass is 478 g/mol. The van der Waals surface area contributed by atoms with E-state index in [0.717, 1.165) is 24.0 Å². The molecule has 35 heavy (non-hydrogen) atoms. The van der Waals surface area contributed by atoms with Crippen molar-refractivity contribution in [2.45, 2.75) is 52.0 Å². The highest BCUT2D eigenvalue weighted by Gasteiger charge is 2.46. The number of unbranched alkanes of at least 4 members (excludes halogenated alkanes) is 1. The van der Waals surface area contributed by atoms with Crippen LogP contribution in [0, 0.1) is 0 Å². The largest absolute Gasteiger partial charge is 0.507 e. The van der Waals surface area contributed by atoms with E-state index >= 15 is 0 Å². The molecule has 0 saturated carbocycles. The van der Waals surface area contributed by atoms with Crippen molar-refractivity contribution >= 4 is 17.4 Å². The van der Waals surface area contributed by atoms with E-state index in [0.29, 0.717) is 31.0 Å². The van der Waals surface area contributed by atoms with Crippen molar-refractivity contribution in [3.8, 4) is 5.75 Å². The van der Waals surface area contributed by atoms with Crippen LogP contribution >= 0.6 is 0 Å². The van der Waals surface area contributed by atoms with Gasteiger partial charge >= 0.3 is 0 Å². The van der Waals surface area contributed by atoms with Gasteiger partial charge in [-0.05, 0) is 49.2 Å². The van der Waals surface area contributed by atoms with Gasteiger partial charge in [0.2, 0.25) is 0 Å². The number of aliphatic hydroxyl groups is 1. The normalized spacial score (nSPS) is 17.9. The molecule has 1 saturated heterocycles. The number of hydrogen-bond acceptors (Lipinski definition) is 5. The Kier molecular flexibility index (Phi) is 8.39. The molecule has 1 heterocycles. The number of ether oxygens (including phenoxy) is 1. The number of carbonyl (C=O) groups is 2. The zero-order valence-corrected chi connectivity index (χ0v) is 21.8. The molecule has 1 unspecified atom stereocenters. The number of Topliss-reactive ketones (excluding diaryl/α,β-unsaturated/α-hetero) is 1. The molecule has 6 heteroatoms. The minimum atomic E-state index is -0.663. The van der Waals surface area contributed by atoms with Crippen molar-refractivity contribution < 1.29 is 19.4 Å². The van der Waals surface area contributed by atoms with Crippen LogP contribution in [0.1, 0.15) is 63.3 Å². The van der Waals surface area contributed by atoms with E-state index in [9.17, 15) is 14.7 Å². The molecule has 0 spiro atoms. The maximum Gasteiger partial charge on any atom is 0.295 e. The van der Waals surface area contributed by atoms with Crippen LogP contribution in [0.2, 0.25) is 0 Å². The van der Waals surface area contributed by atoms with E-state index in [4.69, 9.17) is 4.74 Å². The quantitative estimate of drug-likeness (QED) is 0.234. The van der Waals surface area contributed by atoms with Crippen molar-refractivity contribution in [2.75, 3.05) is 33.8 Å². The summed E-state index contributed by atoms with van der Waals surface area (Å²) in [7, 11) is 3.85. The third-order valence-corrected chi connectivity index (χ3v) is 6.29. The molecule has 0 aromatic heterocycles. The minimum Gasteiger partial charge on any atom is -0.507 e. The Morgan fingerprint density at radius 3 is 2.37 bits per heavy atom. The molecule has 1 aliphatic rings. The van der Waals surface area contributed by atoms with Crippen LogP contribution in [0.15, 0.2) is 54.1 Å². The summed E-state index contributed by atoms with van der Waals surface area (Å²) in [6.07, 6.45) is 1.95. The summed E-state index contributed by atoms with van der Waals surface area (Å²) in [6.45, 7) is 10.1. The third-order valence-electron chi connectivity index (χ3n) is 6.29. The summed E-state index contributed by atoms with van der Waals surface area (Å²) < 4.78 is 5.79. The zero-order chi connectivity index (χ0) is 25.8. The van der Waals surface area contributed by atoms with Gasteiger partial charge < -0.3 is 19.6 Å². The highest BCUT2D eigenvalue weighted by atomic mass is 16.5. The number of carbonyl (C=O) groups excluding carboxylic acids is 2. The van der Waals surface area contributed by atoms with E-state index < -0.39 is 17.7 Å². The second-order valence-electron chi connectivity index (χ2n) is 10.4. The van der Waals surface area contributed by atoms with E-state index in [2.05, 4.69) is 27.7 Å². The lowest BCUT2D eigenvalue weighted by molar-refractivity contribution is -0.140. The van der Waals surface area contributed by atoms with Crippen molar-refractivity contribution in [1.29, 1.82) is 0 Å². The van der Waals surface area contributed by atoms with Crippen molar-refractivity contribution in [3.05, 3.63) is 70.8 Å². The summed E-state index contributed by atoms with van der Waals surface area (Å²) in [4.78, 5) is 29.9. The molecule has 188 valence electrons. The summed E-state index contributed by atoms with van der Waals surface area (Å²) in [6, 6.07) is 14.4. The summed E-state index contributed by atoms with van der Waals surface area (Å²) in [5.74, 6) is -0.811. The van der Waals surface area contributed by atoms with E-state index in [1.165, 1.54) is 0 Å². The first kappa shape index (κ1) is 26.5. The van der Waals surface area contributed by atoms with Gasteiger partial charge in [0.25, 0.3) is 11.7 Å². The first-order valence-electron chi connectivity index (χ1n) is 12.3. The van der Waals surface area contributed by atoms with Gasteiger partial charge in [-0.3, -0.25) is 9.59 Å². The zero-order valence-electron chi connectivity index (χ0n) is 21.8. The van der Waals surface area contributed by atoms with Crippen LogP contribution in [0.3, 0.4) is 0 Å². The lowest BCUT2D eigenvalue weighted by atomic mass is 9.85. The van der Waals surface area contributed by atoms with E-state index in [1.54, 1.807) is 23.1 Å². The predicted molar refractivity (Wildman–Crippen MR) is 140 cm³/mol. The Morgan fingerprint density at radius 1 is 1.09 bits per heavy atom. The van der Waals surface area contributed by atoms with Crippen LogP contribution in [0.4, 0.5) is 0 Å². The summed E-state index contributed by atoms with van der Waals surface area (Å²) in [5, 5.41) is 11.3. The number of amides is 1. The second-order valence-corrected chi connectivity index (χ2v) is 10.4. The Labute approximate surface area is 209 Å². The predicted octanol–water partition coefficient (Wildman–Crippen LogP) is 5.15. The van der Waals surface area contributed by atoms with E-state index in [-0.39, 0.29) is 16.7 Å². The van der Waals surface area contributed by atoms with Crippen LogP contribution in [-0.2, 0) is 15.0 Å². The number of likely N-dealkylation sites (tertiary alicyclic amines) is 1. The van der Waals surface area contributed by atoms with Gasteiger partial charge in [-0.25, -0.2) is 0 Å². The average Bonchev–Trinajstić information content (AvgIpc) is 3.07. The number of ketones is 1. The van der Waals surface area contributed by atoms with Gasteiger partial charge in [-0.2, -0.15) is 0 Å². The van der Waals surface area contributed by atoms with Gasteiger partial charge in [-0.15, -0.1) is 0 Å². The number of nitrogens with zero attached hydrogens (tertiary/aromatic N) is 2. The smallest absolute Gasteiger partial charge is 0.295 e. The van der Waals surface area contributed by atoms with Crippen LogP contribution < -0.4 is 4.74 Å². The van der Waals surface area contributed by atoms with Gasteiger partial charge in [0.15, 0.2) is 0 Å². The fourth-order valence-corrected chi connectivity index (χ4v) is 4.15. The second kappa shape index (κ2) is 11.1. The molecule has 1 aliphatic heterocycles. The molecular weight excluding hydrogens is 440 g/mol. The molecule has 0 bridgehead atoms. The first-order valence-corrected chi connectivity index (χ1v) is 12.3. The van der Waals surface area contributed by atoms with Crippen molar-refractivity contribution in [1.82, 2.24) is 9.80 Å². The van der Waals surface area contributed by atoms with Crippen molar-refractivity contribution in [2.24, 2.45) is 0 Å². The molecule has 1 fully saturated rings. The van der Waals surface area contributed by atoms with Gasteiger partial charge in [-0.1, -0.05) is 70.5 Å². The lowest BCUT2D eigenvalue weighted by Crippen LogP contribution is -2.35. The molecule has 0 aliphatic carbocycles. The number of aliphatic hydroxyl groups excluding tert-OH is 1. The Bertz CT molecular complexity index is 1080. The highest BCUT2D eigenvalue weighted by Crippen LogP contribution is 2.40. The number of likely N-dealkylation sites (N-methyl/N-ethyl adjacent to an activating group) is 1. The Morgan fingerprint density at radius 2 is 1.77 bits per heavy atom. The molecule has 2 aromatic carbocycles. The molecule has 1 atom stereocenters. The molecule has 6 nitrogen and oxygen atoms in total. The van der Waals surface area contributed by atoms with Gasteiger partial charge in [0.05, 0.1) is 18.2 Å². The molecule has 1 amide bonds. The SMILES string of the molecule is CCCCOc1cccc(C(O)=C2C(=O)C(=O)N(CCN(C)C)C2c2ccc(C(C)(C)C)cc2)c1. The summed E-state index contributed by atoms with van der Waals surface area (Å²) in [5.41, 5.74) is 2.50. The van der Waals surface area contributed by atoms with Gasteiger partial charge in [0, 0.05) is 18.7 Å². The minimum absolute atomic E-state index is 0.0243. The maximum absolute atomic E-state index is 13.2. The number of hydrogen-bond donors (Lipinski definition) is 1. The first-order chi connectivity index (χ1) is 16.5. The highest BCUT2D eigenvalue weighted by molar-refractivity contribution is 6.46. The Balaban J connectivity index is 2.07. The van der Waals surface area contributed by atoms with Crippen LogP contribution in [0.5, 0.6) is 5.75 Å². The molecule has 1 N–H and O–H groups in total. The molecule has 3 rings (SSSR count). The fraction of sp³-hybridized carbons (Fsp3) is 0.448. The lowest BCUT2D eigenvalue weighted by Gasteiger charge is -2.27. The van der Waals surface area contributed by atoms with Crippen LogP contribution in [-0.4, -0.2) is 60.4 Å². The Hall–Kier alpha value is -3.12. The maximum atomic E-state index is 13.2. The number of benzene rings is 2. The average molecular weight is 479 g/mol. The standard InChI is InChI=1S/C29H38N2O4/c1-7-8-18-35-23-11-9-10-21(19-23)26(32)24-25(20-12-14-22(15-13-20)29(2,3)4)31(17-16-30(5)6)28(34)27(24)33/h9-15,19,25,32H,7-8,16-18H2,1-6H3. The van der Waals surface area contributed by atoms with Gasteiger partial charge in [0.1, 0.15) is 11.5 Å². The number of rotatable bonds is 9. The molecule has 0 radical (unpaired) electrons. The topological polar surface area (TPSA) is 70.1 Å². The third kappa shape index (κ3) is 6.12. The van der Waals surface area contributed by atoms with E-state index in [1.807, 2.05) is 49.3 Å². The molecular formula is C29H38N2O4. The fourth-order valence-electron chi connectivity index (χ4n) is 4.15. The van der Waals surface area contributed by atoms with Crippen molar-refractivity contribution in [3.63, 3.8) is 0 Å².